The number of ketones is 1. The Kier molecular flexibility index (Phi) is 5.22. The van der Waals surface area contributed by atoms with Gasteiger partial charge in [0.25, 0.3) is 5.91 Å². The molecule has 120 valence electrons. The van der Waals surface area contributed by atoms with Gasteiger partial charge in [-0.25, -0.2) is 0 Å². The van der Waals surface area contributed by atoms with Crippen molar-refractivity contribution in [2.75, 3.05) is 6.54 Å². The number of nitrogens with one attached hydrogen (secondary N) is 1. The first-order valence-corrected chi connectivity index (χ1v) is 7.83. The molecule has 0 heterocycles. The van der Waals surface area contributed by atoms with E-state index in [4.69, 9.17) is 11.6 Å². The summed E-state index contributed by atoms with van der Waals surface area (Å²) in [6.07, 6.45) is 0. The Morgan fingerprint density at radius 2 is 1.65 bits per heavy atom. The number of carbonyl (C=O) groups is 2. The normalized spacial score (nSPS) is 11.1. The van der Waals surface area contributed by atoms with Crippen molar-refractivity contribution in [1.82, 2.24) is 5.32 Å². The summed E-state index contributed by atoms with van der Waals surface area (Å²) in [5.74, 6) is -0.437. The van der Waals surface area contributed by atoms with Crippen molar-refractivity contribution < 1.29 is 9.59 Å². The zero-order chi connectivity index (χ0) is 17.0. The summed E-state index contributed by atoms with van der Waals surface area (Å²) in [6.45, 7) is 6.30. The average molecular weight is 330 g/mol. The molecule has 4 heteroatoms. The highest BCUT2D eigenvalue weighted by Gasteiger charge is 2.15. The molecule has 0 aliphatic heterocycles. The third-order valence-corrected chi connectivity index (χ3v) is 3.80. The van der Waals surface area contributed by atoms with Gasteiger partial charge in [-0.05, 0) is 35.2 Å². The number of halogens is 1. The third-order valence-electron chi connectivity index (χ3n) is 3.57. The lowest BCUT2D eigenvalue weighted by Crippen LogP contribution is -2.29. The first kappa shape index (κ1) is 17.2. The Morgan fingerprint density at radius 3 is 2.22 bits per heavy atom. The fourth-order valence-corrected chi connectivity index (χ4v) is 2.34. The van der Waals surface area contributed by atoms with Crippen LogP contribution in [0.1, 0.15) is 47.1 Å². The highest BCUT2D eigenvalue weighted by molar-refractivity contribution is 6.31. The van der Waals surface area contributed by atoms with E-state index in [9.17, 15) is 9.59 Å². The van der Waals surface area contributed by atoms with E-state index in [1.165, 1.54) is 0 Å². The van der Waals surface area contributed by atoms with Gasteiger partial charge in [-0.3, -0.25) is 9.59 Å². The minimum absolute atomic E-state index is 0.0392. The molecule has 2 aromatic carbocycles. The van der Waals surface area contributed by atoms with Crippen molar-refractivity contribution >= 4 is 23.3 Å². The van der Waals surface area contributed by atoms with Gasteiger partial charge in [0, 0.05) is 16.1 Å². The second-order valence-corrected chi connectivity index (χ2v) is 6.88. The van der Waals surface area contributed by atoms with Gasteiger partial charge in [0.05, 0.1) is 6.54 Å². The molecule has 0 bridgehead atoms. The average Bonchev–Trinajstić information content (AvgIpc) is 2.51. The van der Waals surface area contributed by atoms with E-state index in [1.54, 1.807) is 36.4 Å². The number of Topliss-reactive ketones (excluding diaryl/α,β-unsaturated/α-hetero) is 1. The summed E-state index contributed by atoms with van der Waals surface area (Å²) in [6, 6.07) is 14.1. The molecule has 0 radical (unpaired) electrons. The summed E-state index contributed by atoms with van der Waals surface area (Å²) in [7, 11) is 0. The van der Waals surface area contributed by atoms with E-state index in [0.29, 0.717) is 16.1 Å². The highest BCUT2D eigenvalue weighted by atomic mass is 35.5. The van der Waals surface area contributed by atoms with Crippen LogP contribution in [-0.2, 0) is 5.41 Å². The van der Waals surface area contributed by atoms with Gasteiger partial charge < -0.3 is 5.32 Å². The van der Waals surface area contributed by atoms with Gasteiger partial charge in [0.15, 0.2) is 5.78 Å². The van der Waals surface area contributed by atoms with Gasteiger partial charge >= 0.3 is 0 Å². The number of amides is 1. The zero-order valence-electron chi connectivity index (χ0n) is 13.5. The largest absolute Gasteiger partial charge is 0.345 e. The molecule has 0 spiro atoms. The van der Waals surface area contributed by atoms with E-state index in [2.05, 4.69) is 26.1 Å². The van der Waals surface area contributed by atoms with E-state index in [1.807, 2.05) is 12.1 Å². The first-order valence-electron chi connectivity index (χ1n) is 7.45. The maximum absolute atomic E-state index is 12.1. The molecular formula is C19H20ClNO2. The summed E-state index contributed by atoms with van der Waals surface area (Å²) in [5, 5.41) is 3.14. The lowest BCUT2D eigenvalue weighted by atomic mass is 9.87. The van der Waals surface area contributed by atoms with Crippen LogP contribution in [0.15, 0.2) is 48.5 Å². The molecular weight excluding hydrogens is 310 g/mol. The van der Waals surface area contributed by atoms with E-state index < -0.39 is 0 Å². The minimum Gasteiger partial charge on any atom is -0.345 e. The molecule has 0 aromatic heterocycles. The fraction of sp³-hybridized carbons (Fsp3) is 0.263. The Hall–Kier alpha value is -2.13. The van der Waals surface area contributed by atoms with E-state index in [0.717, 1.165) is 5.56 Å². The van der Waals surface area contributed by atoms with E-state index in [-0.39, 0.29) is 23.7 Å². The second-order valence-electron chi connectivity index (χ2n) is 6.44. The van der Waals surface area contributed by atoms with Gasteiger partial charge in [0.2, 0.25) is 0 Å². The van der Waals surface area contributed by atoms with Crippen LogP contribution in [0.2, 0.25) is 5.02 Å². The molecule has 0 fully saturated rings. The SMILES string of the molecule is CC(C)(C)c1ccc(C(=O)NCC(=O)c2cccc(Cl)c2)cc1. The maximum Gasteiger partial charge on any atom is 0.251 e. The minimum atomic E-state index is -0.263. The molecule has 0 atom stereocenters. The molecule has 23 heavy (non-hydrogen) atoms. The molecule has 0 unspecified atom stereocenters. The van der Waals surface area contributed by atoms with Crippen LogP contribution >= 0.6 is 11.6 Å². The van der Waals surface area contributed by atoms with Crippen LogP contribution < -0.4 is 5.32 Å². The maximum atomic E-state index is 12.1. The molecule has 2 aromatic rings. The topological polar surface area (TPSA) is 46.2 Å². The summed E-state index contributed by atoms with van der Waals surface area (Å²) in [5.41, 5.74) is 2.22. The van der Waals surface area contributed by atoms with Crippen LogP contribution in [0.3, 0.4) is 0 Å². The summed E-state index contributed by atoms with van der Waals surface area (Å²) >= 11 is 5.86. The van der Waals surface area contributed by atoms with Crippen molar-refractivity contribution in [1.29, 1.82) is 0 Å². The van der Waals surface area contributed by atoms with Gasteiger partial charge in [-0.2, -0.15) is 0 Å². The molecule has 1 amide bonds. The van der Waals surface area contributed by atoms with Gasteiger partial charge in [0.1, 0.15) is 0 Å². The second kappa shape index (κ2) is 6.97. The van der Waals surface area contributed by atoms with Crippen LogP contribution in [0, 0.1) is 0 Å². The summed E-state index contributed by atoms with van der Waals surface area (Å²) < 4.78 is 0. The van der Waals surface area contributed by atoms with Crippen LogP contribution in [0.25, 0.3) is 0 Å². The lowest BCUT2D eigenvalue weighted by molar-refractivity contribution is 0.0904. The van der Waals surface area contributed by atoms with Crippen molar-refractivity contribution in [3.8, 4) is 0 Å². The number of hydrogen-bond acceptors (Lipinski definition) is 2. The van der Waals surface area contributed by atoms with Gasteiger partial charge in [-0.1, -0.05) is 56.6 Å². The quantitative estimate of drug-likeness (QED) is 0.852. The van der Waals surface area contributed by atoms with Crippen LogP contribution in [0.4, 0.5) is 0 Å². The standard InChI is InChI=1S/C19H20ClNO2/c1-19(2,3)15-9-7-13(8-10-15)18(23)21-12-17(22)14-5-4-6-16(20)11-14/h4-11H,12H2,1-3H3,(H,21,23). The zero-order valence-corrected chi connectivity index (χ0v) is 14.3. The molecule has 0 aliphatic rings. The van der Waals surface area contributed by atoms with Crippen molar-refractivity contribution in [2.24, 2.45) is 0 Å². The van der Waals surface area contributed by atoms with Crippen LogP contribution in [0.5, 0.6) is 0 Å². The predicted molar refractivity (Wildman–Crippen MR) is 93.3 cm³/mol. The molecule has 3 nitrogen and oxygen atoms in total. The molecule has 0 saturated heterocycles. The monoisotopic (exact) mass is 329 g/mol. The van der Waals surface area contributed by atoms with E-state index >= 15 is 0 Å². The molecule has 2 rings (SSSR count). The first-order chi connectivity index (χ1) is 10.8. The fourth-order valence-electron chi connectivity index (χ4n) is 2.15. The number of carbonyl (C=O) groups excluding carboxylic acids is 2. The highest BCUT2D eigenvalue weighted by Crippen LogP contribution is 2.22. The third kappa shape index (κ3) is 4.67. The Labute approximate surface area is 141 Å². The smallest absolute Gasteiger partial charge is 0.251 e. The number of hydrogen-bond donors (Lipinski definition) is 1. The summed E-state index contributed by atoms with van der Waals surface area (Å²) in [4.78, 5) is 24.2. The van der Waals surface area contributed by atoms with Crippen molar-refractivity contribution in [3.63, 3.8) is 0 Å². The Balaban J connectivity index is 1.98. The lowest BCUT2D eigenvalue weighted by Gasteiger charge is -2.19. The van der Waals surface area contributed by atoms with Crippen molar-refractivity contribution in [3.05, 3.63) is 70.2 Å². The predicted octanol–water partition coefficient (Wildman–Crippen LogP) is 4.25. The molecule has 0 saturated carbocycles. The molecule has 1 N–H and O–H groups in total. The van der Waals surface area contributed by atoms with Gasteiger partial charge in [-0.15, -0.1) is 0 Å². The van der Waals surface area contributed by atoms with Crippen molar-refractivity contribution in [2.45, 2.75) is 26.2 Å². The number of benzene rings is 2. The Morgan fingerprint density at radius 1 is 1.00 bits per heavy atom. The number of rotatable bonds is 4. The molecule has 0 aliphatic carbocycles. The Bertz CT molecular complexity index is 715. The van der Waals surface area contributed by atoms with Crippen LogP contribution in [-0.4, -0.2) is 18.2 Å².